The Morgan fingerprint density at radius 1 is 1.24 bits per heavy atom. The summed E-state index contributed by atoms with van der Waals surface area (Å²) in [5, 5.41) is 9.14. The SMILES string of the molecule is N#Cc1ccc(OCC(=O)N2CCN(c3ncccn3)CC2)c(Cl)c1. The monoisotopic (exact) mass is 357 g/mol. The summed E-state index contributed by atoms with van der Waals surface area (Å²) < 4.78 is 5.49. The van der Waals surface area contributed by atoms with Crippen molar-refractivity contribution in [3.8, 4) is 11.8 Å². The van der Waals surface area contributed by atoms with E-state index in [2.05, 4.69) is 9.97 Å². The van der Waals surface area contributed by atoms with Gasteiger partial charge in [0.2, 0.25) is 5.95 Å². The first-order valence-electron chi connectivity index (χ1n) is 7.79. The highest BCUT2D eigenvalue weighted by molar-refractivity contribution is 6.32. The third kappa shape index (κ3) is 4.17. The number of halogens is 1. The first kappa shape index (κ1) is 17.0. The fourth-order valence-electron chi connectivity index (χ4n) is 2.53. The van der Waals surface area contributed by atoms with Gasteiger partial charge in [-0.2, -0.15) is 5.26 Å². The molecule has 1 aliphatic rings. The van der Waals surface area contributed by atoms with E-state index in [-0.39, 0.29) is 12.5 Å². The van der Waals surface area contributed by atoms with Gasteiger partial charge >= 0.3 is 0 Å². The molecule has 1 aliphatic heterocycles. The Hall–Kier alpha value is -2.85. The van der Waals surface area contributed by atoms with Crippen molar-refractivity contribution in [2.45, 2.75) is 0 Å². The fraction of sp³-hybridized carbons (Fsp3) is 0.294. The molecular formula is C17H16ClN5O2. The van der Waals surface area contributed by atoms with Crippen molar-refractivity contribution < 1.29 is 9.53 Å². The molecule has 1 amide bonds. The Labute approximate surface area is 150 Å². The molecule has 3 rings (SSSR count). The lowest BCUT2D eigenvalue weighted by Gasteiger charge is -2.34. The van der Waals surface area contributed by atoms with E-state index in [1.54, 1.807) is 35.5 Å². The van der Waals surface area contributed by atoms with Crippen LogP contribution in [-0.4, -0.2) is 53.6 Å². The lowest BCUT2D eigenvalue weighted by molar-refractivity contribution is -0.133. The number of piperazine rings is 1. The highest BCUT2D eigenvalue weighted by Crippen LogP contribution is 2.25. The van der Waals surface area contributed by atoms with Crippen LogP contribution in [0.1, 0.15) is 5.56 Å². The number of anilines is 1. The molecule has 0 saturated carbocycles. The predicted octanol–water partition coefficient (Wildman–Crippen LogP) is 1.73. The molecule has 1 fully saturated rings. The molecule has 0 atom stereocenters. The molecule has 2 aromatic rings. The Bertz CT molecular complexity index is 785. The van der Waals surface area contributed by atoms with E-state index in [9.17, 15) is 4.79 Å². The molecule has 0 spiro atoms. The molecule has 0 bridgehead atoms. The maximum absolute atomic E-state index is 12.3. The van der Waals surface area contributed by atoms with Crippen LogP contribution in [0, 0.1) is 11.3 Å². The molecule has 8 heteroatoms. The van der Waals surface area contributed by atoms with Gasteiger partial charge in [0.05, 0.1) is 16.7 Å². The van der Waals surface area contributed by atoms with Gasteiger partial charge in [-0.15, -0.1) is 0 Å². The van der Waals surface area contributed by atoms with Gasteiger partial charge in [0.1, 0.15) is 5.75 Å². The number of nitriles is 1. The van der Waals surface area contributed by atoms with Gasteiger partial charge in [0.25, 0.3) is 5.91 Å². The van der Waals surface area contributed by atoms with Crippen LogP contribution < -0.4 is 9.64 Å². The summed E-state index contributed by atoms with van der Waals surface area (Å²) in [4.78, 5) is 24.5. The molecule has 0 unspecified atom stereocenters. The standard InChI is InChI=1S/C17H16ClN5O2/c18-14-10-13(11-19)2-3-15(14)25-12-16(24)22-6-8-23(9-7-22)17-20-4-1-5-21-17/h1-5,10H,6-9,12H2. The van der Waals surface area contributed by atoms with Crippen molar-refractivity contribution in [1.82, 2.24) is 14.9 Å². The number of hydrogen-bond donors (Lipinski definition) is 0. The molecule has 0 radical (unpaired) electrons. The van der Waals surface area contributed by atoms with E-state index in [0.717, 1.165) is 0 Å². The maximum atomic E-state index is 12.3. The zero-order valence-electron chi connectivity index (χ0n) is 13.4. The molecule has 1 aromatic carbocycles. The first-order valence-corrected chi connectivity index (χ1v) is 8.17. The number of carbonyl (C=O) groups is 1. The summed E-state index contributed by atoms with van der Waals surface area (Å²) in [5.74, 6) is 0.967. The highest BCUT2D eigenvalue weighted by Gasteiger charge is 2.22. The van der Waals surface area contributed by atoms with Gasteiger partial charge in [-0.3, -0.25) is 4.79 Å². The lowest BCUT2D eigenvalue weighted by atomic mass is 10.2. The van der Waals surface area contributed by atoms with Crippen LogP contribution in [0.25, 0.3) is 0 Å². The van der Waals surface area contributed by atoms with Crippen molar-refractivity contribution in [2.75, 3.05) is 37.7 Å². The third-order valence-corrected chi connectivity index (χ3v) is 4.17. The average Bonchev–Trinajstić information content (AvgIpc) is 2.67. The number of benzene rings is 1. The van der Waals surface area contributed by atoms with Crippen LogP contribution in [0.3, 0.4) is 0 Å². The van der Waals surface area contributed by atoms with Gasteiger partial charge in [0, 0.05) is 38.6 Å². The number of carbonyl (C=O) groups excluding carboxylic acids is 1. The van der Waals surface area contributed by atoms with E-state index in [4.69, 9.17) is 21.6 Å². The highest BCUT2D eigenvalue weighted by atomic mass is 35.5. The minimum atomic E-state index is -0.103. The van der Waals surface area contributed by atoms with Crippen LogP contribution in [0.4, 0.5) is 5.95 Å². The smallest absolute Gasteiger partial charge is 0.260 e. The molecule has 7 nitrogen and oxygen atoms in total. The van der Waals surface area contributed by atoms with E-state index in [1.807, 2.05) is 11.0 Å². The normalized spacial score (nSPS) is 14.1. The molecule has 128 valence electrons. The number of nitrogens with zero attached hydrogens (tertiary/aromatic N) is 5. The van der Waals surface area contributed by atoms with Crippen LogP contribution >= 0.6 is 11.6 Å². The maximum Gasteiger partial charge on any atom is 0.260 e. The molecule has 2 heterocycles. The Balaban J connectivity index is 1.51. The molecule has 0 aliphatic carbocycles. The van der Waals surface area contributed by atoms with Gasteiger partial charge in [0.15, 0.2) is 6.61 Å². The third-order valence-electron chi connectivity index (χ3n) is 3.88. The Morgan fingerprint density at radius 3 is 2.60 bits per heavy atom. The fourth-order valence-corrected chi connectivity index (χ4v) is 2.76. The summed E-state index contributed by atoms with van der Waals surface area (Å²) in [6, 6.07) is 8.48. The van der Waals surface area contributed by atoms with Crippen molar-refractivity contribution in [3.05, 3.63) is 47.2 Å². The Kier molecular flexibility index (Phi) is 5.31. The van der Waals surface area contributed by atoms with Gasteiger partial charge < -0.3 is 14.5 Å². The summed E-state index contributed by atoms with van der Waals surface area (Å²) in [7, 11) is 0. The van der Waals surface area contributed by atoms with Crippen LogP contribution in [0.15, 0.2) is 36.7 Å². The summed E-state index contributed by atoms with van der Waals surface area (Å²) in [6.45, 7) is 2.43. The molecule has 25 heavy (non-hydrogen) atoms. The number of rotatable bonds is 4. The van der Waals surface area contributed by atoms with Gasteiger partial charge in [-0.25, -0.2) is 9.97 Å². The minimum Gasteiger partial charge on any atom is -0.482 e. The zero-order valence-corrected chi connectivity index (χ0v) is 14.2. The molecule has 0 N–H and O–H groups in total. The van der Waals surface area contributed by atoms with Gasteiger partial charge in [-0.05, 0) is 24.3 Å². The van der Waals surface area contributed by atoms with E-state index in [1.165, 1.54) is 6.07 Å². The quantitative estimate of drug-likeness (QED) is 0.828. The van der Waals surface area contributed by atoms with Crippen LogP contribution in [0.5, 0.6) is 5.75 Å². The first-order chi connectivity index (χ1) is 12.2. The summed E-state index contributed by atoms with van der Waals surface area (Å²) >= 11 is 6.04. The van der Waals surface area contributed by atoms with Crippen LogP contribution in [-0.2, 0) is 4.79 Å². The predicted molar refractivity (Wildman–Crippen MR) is 92.5 cm³/mol. The largest absolute Gasteiger partial charge is 0.482 e. The van der Waals surface area contributed by atoms with Crippen molar-refractivity contribution in [2.24, 2.45) is 0 Å². The molecular weight excluding hydrogens is 342 g/mol. The topological polar surface area (TPSA) is 82.4 Å². The second-order valence-corrected chi connectivity index (χ2v) is 5.87. The van der Waals surface area contributed by atoms with Crippen molar-refractivity contribution in [1.29, 1.82) is 5.26 Å². The number of ether oxygens (including phenoxy) is 1. The zero-order chi connectivity index (χ0) is 17.6. The van der Waals surface area contributed by atoms with E-state index >= 15 is 0 Å². The van der Waals surface area contributed by atoms with Crippen LogP contribution in [0.2, 0.25) is 5.02 Å². The summed E-state index contributed by atoms with van der Waals surface area (Å²) in [5.41, 5.74) is 0.447. The van der Waals surface area contributed by atoms with E-state index < -0.39 is 0 Å². The summed E-state index contributed by atoms with van der Waals surface area (Å²) in [6.07, 6.45) is 3.41. The second-order valence-electron chi connectivity index (χ2n) is 5.46. The minimum absolute atomic E-state index is 0.0898. The van der Waals surface area contributed by atoms with Crippen molar-refractivity contribution in [3.63, 3.8) is 0 Å². The number of hydrogen-bond acceptors (Lipinski definition) is 6. The second kappa shape index (κ2) is 7.81. The number of aromatic nitrogens is 2. The Morgan fingerprint density at radius 2 is 1.96 bits per heavy atom. The number of amides is 1. The lowest BCUT2D eigenvalue weighted by Crippen LogP contribution is -2.50. The van der Waals surface area contributed by atoms with Gasteiger partial charge in [-0.1, -0.05) is 11.6 Å². The molecule has 1 aromatic heterocycles. The molecule has 1 saturated heterocycles. The van der Waals surface area contributed by atoms with Crippen molar-refractivity contribution >= 4 is 23.5 Å². The average molecular weight is 358 g/mol. The van der Waals surface area contributed by atoms with E-state index in [0.29, 0.717) is 48.5 Å².